The number of rotatable bonds is 6. The third-order valence-electron chi connectivity index (χ3n) is 3.30. The van der Waals surface area contributed by atoms with Crippen LogP contribution in [0.25, 0.3) is 0 Å². The molecule has 0 atom stereocenters. The van der Waals surface area contributed by atoms with Crippen molar-refractivity contribution in [1.82, 2.24) is 25.4 Å². The number of nitrogens with one attached hydrogen (secondary N) is 2. The van der Waals surface area contributed by atoms with Crippen LogP contribution in [0.3, 0.4) is 0 Å². The van der Waals surface area contributed by atoms with Crippen LogP contribution >= 0.6 is 0 Å². The van der Waals surface area contributed by atoms with E-state index in [1.54, 1.807) is 0 Å². The average molecular weight is 279 g/mol. The summed E-state index contributed by atoms with van der Waals surface area (Å²) in [5.41, 5.74) is 0. The van der Waals surface area contributed by atoms with Crippen LogP contribution in [0.4, 0.5) is 0 Å². The molecule has 2 amide bonds. The zero-order chi connectivity index (χ0) is 14.4. The maximum Gasteiger partial charge on any atom is 0.290 e. The van der Waals surface area contributed by atoms with Crippen molar-refractivity contribution in [3.8, 4) is 0 Å². The van der Waals surface area contributed by atoms with Gasteiger partial charge in [0, 0.05) is 32.5 Å². The van der Waals surface area contributed by atoms with E-state index in [9.17, 15) is 9.59 Å². The molecule has 7 heteroatoms. The molecule has 20 heavy (non-hydrogen) atoms. The highest BCUT2D eigenvalue weighted by atomic mass is 16.2. The van der Waals surface area contributed by atoms with Gasteiger partial charge < -0.3 is 10.2 Å². The van der Waals surface area contributed by atoms with Crippen molar-refractivity contribution in [2.45, 2.75) is 39.0 Å². The summed E-state index contributed by atoms with van der Waals surface area (Å²) in [6.45, 7) is 4.04. The molecule has 2 heterocycles. The van der Waals surface area contributed by atoms with Gasteiger partial charge in [0.15, 0.2) is 0 Å². The minimum Gasteiger partial charge on any atom is -0.349 e. The maximum absolute atomic E-state index is 11.8. The average Bonchev–Trinajstić information content (AvgIpc) is 3.10. The van der Waals surface area contributed by atoms with Crippen LogP contribution in [0.1, 0.15) is 49.1 Å². The van der Waals surface area contributed by atoms with Gasteiger partial charge in [0.2, 0.25) is 11.7 Å². The zero-order valence-electron chi connectivity index (χ0n) is 11.8. The number of amides is 2. The molecule has 1 aromatic heterocycles. The summed E-state index contributed by atoms with van der Waals surface area (Å²) in [4.78, 5) is 29.5. The van der Waals surface area contributed by atoms with Crippen LogP contribution in [-0.4, -0.2) is 51.5 Å². The van der Waals surface area contributed by atoms with Crippen LogP contribution < -0.4 is 5.32 Å². The predicted octanol–water partition coefficient (Wildman–Crippen LogP) is 0.500. The van der Waals surface area contributed by atoms with E-state index in [4.69, 9.17) is 0 Å². The summed E-state index contributed by atoms with van der Waals surface area (Å²) < 4.78 is 0. The van der Waals surface area contributed by atoms with Crippen LogP contribution in [0, 0.1) is 0 Å². The van der Waals surface area contributed by atoms with Gasteiger partial charge in [-0.05, 0) is 19.3 Å². The molecule has 1 aliphatic heterocycles. The van der Waals surface area contributed by atoms with Gasteiger partial charge >= 0.3 is 0 Å². The normalized spacial score (nSPS) is 14.6. The molecule has 0 spiro atoms. The summed E-state index contributed by atoms with van der Waals surface area (Å²) in [5, 5.41) is 9.28. The summed E-state index contributed by atoms with van der Waals surface area (Å²) in [7, 11) is 0. The molecule has 7 nitrogen and oxygen atoms in total. The first-order valence-corrected chi connectivity index (χ1v) is 7.18. The Morgan fingerprint density at radius 2 is 2.10 bits per heavy atom. The van der Waals surface area contributed by atoms with Crippen molar-refractivity contribution in [1.29, 1.82) is 0 Å². The van der Waals surface area contributed by atoms with Crippen molar-refractivity contribution in [3.63, 3.8) is 0 Å². The van der Waals surface area contributed by atoms with E-state index >= 15 is 0 Å². The molecule has 0 aromatic carbocycles. The largest absolute Gasteiger partial charge is 0.349 e. The molecule has 1 fully saturated rings. The van der Waals surface area contributed by atoms with Gasteiger partial charge in [-0.25, -0.2) is 4.98 Å². The van der Waals surface area contributed by atoms with E-state index in [-0.39, 0.29) is 17.6 Å². The van der Waals surface area contributed by atoms with Crippen molar-refractivity contribution >= 4 is 11.8 Å². The van der Waals surface area contributed by atoms with Gasteiger partial charge in [-0.3, -0.25) is 14.7 Å². The second kappa shape index (κ2) is 7.02. The minimum atomic E-state index is -0.335. The molecule has 0 bridgehead atoms. The predicted molar refractivity (Wildman–Crippen MR) is 73.1 cm³/mol. The molecule has 110 valence electrons. The fraction of sp³-hybridized carbons (Fsp3) is 0.692. The Morgan fingerprint density at radius 1 is 1.35 bits per heavy atom. The van der Waals surface area contributed by atoms with Crippen LogP contribution in [0.15, 0.2) is 0 Å². The molecule has 1 saturated heterocycles. The van der Waals surface area contributed by atoms with Crippen molar-refractivity contribution in [2.75, 3.05) is 19.6 Å². The Hall–Kier alpha value is -1.92. The van der Waals surface area contributed by atoms with E-state index in [1.807, 2.05) is 11.8 Å². The Morgan fingerprint density at radius 3 is 2.80 bits per heavy atom. The number of H-pyrrole nitrogens is 1. The summed E-state index contributed by atoms with van der Waals surface area (Å²) >= 11 is 0. The quantitative estimate of drug-likeness (QED) is 0.793. The first kappa shape index (κ1) is 14.5. The lowest BCUT2D eigenvalue weighted by Gasteiger charge is -2.14. The number of carbonyl (C=O) groups is 2. The number of hydrogen-bond donors (Lipinski definition) is 2. The van der Waals surface area contributed by atoms with Gasteiger partial charge in [-0.15, -0.1) is 5.10 Å². The number of aromatic amines is 1. The molecular weight excluding hydrogens is 258 g/mol. The highest BCUT2D eigenvalue weighted by Gasteiger charge is 2.18. The first-order chi connectivity index (χ1) is 9.70. The van der Waals surface area contributed by atoms with Gasteiger partial charge in [0.05, 0.1) is 0 Å². The third-order valence-corrected chi connectivity index (χ3v) is 3.30. The fourth-order valence-electron chi connectivity index (χ4n) is 2.23. The lowest BCUT2D eigenvalue weighted by Crippen LogP contribution is -2.33. The van der Waals surface area contributed by atoms with Gasteiger partial charge in [0.25, 0.3) is 5.91 Å². The number of likely N-dealkylation sites (tertiary alicyclic amines) is 1. The SMILES string of the molecule is CCCc1nc(C(=O)NCCC(=O)N2CCCC2)n[nH]1. The minimum absolute atomic E-state index is 0.101. The number of hydrogen-bond acceptors (Lipinski definition) is 4. The Labute approximate surface area is 118 Å². The number of carbonyl (C=O) groups excluding carboxylic acids is 2. The molecule has 0 unspecified atom stereocenters. The van der Waals surface area contributed by atoms with Crippen molar-refractivity contribution in [2.24, 2.45) is 0 Å². The maximum atomic E-state index is 11.8. The van der Waals surface area contributed by atoms with E-state index in [0.29, 0.717) is 18.8 Å². The fourth-order valence-corrected chi connectivity index (χ4v) is 2.23. The monoisotopic (exact) mass is 279 g/mol. The lowest BCUT2D eigenvalue weighted by molar-refractivity contribution is -0.129. The molecule has 0 radical (unpaired) electrons. The molecule has 0 aliphatic carbocycles. The van der Waals surface area contributed by atoms with E-state index < -0.39 is 0 Å². The first-order valence-electron chi connectivity index (χ1n) is 7.18. The number of aryl methyl sites for hydroxylation is 1. The van der Waals surface area contributed by atoms with Crippen LogP contribution in [0.5, 0.6) is 0 Å². The van der Waals surface area contributed by atoms with Crippen LogP contribution in [-0.2, 0) is 11.2 Å². The standard InChI is InChI=1S/C13H21N5O2/c1-2-5-10-15-12(17-16-10)13(20)14-7-6-11(19)18-8-3-4-9-18/h2-9H2,1H3,(H,14,20)(H,15,16,17). The highest BCUT2D eigenvalue weighted by molar-refractivity contribution is 5.90. The molecule has 2 N–H and O–H groups in total. The Kier molecular flexibility index (Phi) is 5.09. The van der Waals surface area contributed by atoms with E-state index in [0.717, 1.165) is 38.8 Å². The second-order valence-corrected chi connectivity index (χ2v) is 4.95. The molecule has 2 rings (SSSR count). The van der Waals surface area contributed by atoms with Gasteiger partial charge in [0.1, 0.15) is 5.82 Å². The summed E-state index contributed by atoms with van der Waals surface area (Å²) in [5.74, 6) is 0.621. The van der Waals surface area contributed by atoms with Crippen LogP contribution in [0.2, 0.25) is 0 Å². The van der Waals surface area contributed by atoms with E-state index in [2.05, 4.69) is 20.5 Å². The molecule has 1 aliphatic rings. The number of aromatic nitrogens is 3. The van der Waals surface area contributed by atoms with Crippen molar-refractivity contribution < 1.29 is 9.59 Å². The van der Waals surface area contributed by atoms with Crippen molar-refractivity contribution in [3.05, 3.63) is 11.6 Å². The zero-order valence-corrected chi connectivity index (χ0v) is 11.8. The Bertz CT molecular complexity index is 465. The second-order valence-electron chi connectivity index (χ2n) is 4.95. The van der Waals surface area contributed by atoms with Gasteiger partial charge in [-0.1, -0.05) is 6.92 Å². The summed E-state index contributed by atoms with van der Waals surface area (Å²) in [6.07, 6.45) is 4.21. The van der Waals surface area contributed by atoms with Gasteiger partial charge in [-0.2, -0.15) is 0 Å². The summed E-state index contributed by atoms with van der Waals surface area (Å²) in [6, 6.07) is 0. The smallest absolute Gasteiger partial charge is 0.290 e. The third kappa shape index (κ3) is 3.79. The lowest BCUT2D eigenvalue weighted by atomic mass is 10.3. The highest BCUT2D eigenvalue weighted by Crippen LogP contribution is 2.08. The topological polar surface area (TPSA) is 91.0 Å². The number of nitrogens with zero attached hydrogens (tertiary/aromatic N) is 3. The molecular formula is C13H21N5O2. The van der Waals surface area contributed by atoms with E-state index in [1.165, 1.54) is 0 Å². The Balaban J connectivity index is 1.72. The molecule has 1 aromatic rings. The molecule has 0 saturated carbocycles.